The number of carbonyl (C=O) groups is 4. The monoisotopic (exact) mass is 389 g/mol. The third kappa shape index (κ3) is 4.05. The zero-order valence-electron chi connectivity index (χ0n) is 14.7. The minimum absolute atomic E-state index is 0.105. The average molecular weight is 389 g/mol. The molecule has 8 heteroatoms. The predicted molar refractivity (Wildman–Crippen MR) is 99.6 cm³/mol. The van der Waals surface area contributed by atoms with Gasteiger partial charge in [0.25, 0.3) is 0 Å². The Hall–Kier alpha value is -2.61. The molecule has 1 aromatic carbocycles. The van der Waals surface area contributed by atoms with Crippen LogP contribution in [0.3, 0.4) is 0 Å². The van der Waals surface area contributed by atoms with Crippen LogP contribution in [0.4, 0.5) is 0 Å². The molecule has 1 fully saturated rings. The number of amides is 1. The highest BCUT2D eigenvalue weighted by Gasteiger charge is 2.37. The van der Waals surface area contributed by atoms with Crippen LogP contribution in [0.25, 0.3) is 10.8 Å². The highest BCUT2D eigenvalue weighted by molar-refractivity contribution is 8.14. The second-order valence-electron chi connectivity index (χ2n) is 6.40. The van der Waals surface area contributed by atoms with Crippen LogP contribution in [0.1, 0.15) is 36.7 Å². The molecule has 0 saturated carbocycles. The number of furan rings is 1. The van der Waals surface area contributed by atoms with Crippen molar-refractivity contribution in [1.29, 1.82) is 0 Å². The fraction of sp³-hybridized carbons (Fsp3) is 0.368. The van der Waals surface area contributed by atoms with E-state index < -0.39 is 29.0 Å². The highest BCUT2D eigenvalue weighted by atomic mass is 32.2. The van der Waals surface area contributed by atoms with Crippen LogP contribution in [-0.4, -0.2) is 50.6 Å². The first-order chi connectivity index (χ1) is 12.9. The zero-order chi connectivity index (χ0) is 19.6. The number of hydrogen-bond donors (Lipinski definition) is 1. The van der Waals surface area contributed by atoms with Gasteiger partial charge in [-0.1, -0.05) is 36.0 Å². The largest absolute Gasteiger partial charge is 0.480 e. The van der Waals surface area contributed by atoms with E-state index in [1.807, 2.05) is 6.07 Å². The van der Waals surface area contributed by atoms with Crippen molar-refractivity contribution in [3.8, 4) is 0 Å². The molecule has 27 heavy (non-hydrogen) atoms. The summed E-state index contributed by atoms with van der Waals surface area (Å²) in [6, 6.07) is 6.26. The van der Waals surface area contributed by atoms with E-state index in [4.69, 9.17) is 4.42 Å². The van der Waals surface area contributed by atoms with E-state index in [0.717, 1.165) is 17.1 Å². The molecule has 1 aliphatic heterocycles. The Morgan fingerprint density at radius 1 is 1.30 bits per heavy atom. The van der Waals surface area contributed by atoms with Gasteiger partial charge in [-0.3, -0.25) is 14.4 Å². The molecule has 142 valence electrons. The lowest BCUT2D eigenvalue weighted by molar-refractivity contribution is -0.148. The highest BCUT2D eigenvalue weighted by Crippen LogP contribution is 2.28. The summed E-state index contributed by atoms with van der Waals surface area (Å²) in [4.78, 5) is 49.8. The molecular weight excluding hydrogens is 370 g/mol. The smallest absolute Gasteiger partial charge is 0.326 e. The van der Waals surface area contributed by atoms with Gasteiger partial charge in [0.05, 0.1) is 11.5 Å². The summed E-state index contributed by atoms with van der Waals surface area (Å²) >= 11 is 0.768. The van der Waals surface area contributed by atoms with Gasteiger partial charge in [-0.05, 0) is 12.8 Å². The lowest BCUT2D eigenvalue weighted by Crippen LogP contribution is -2.42. The molecule has 0 spiro atoms. The van der Waals surface area contributed by atoms with Crippen molar-refractivity contribution >= 4 is 45.3 Å². The molecule has 1 amide bonds. The Morgan fingerprint density at radius 2 is 2.04 bits per heavy atom. The lowest BCUT2D eigenvalue weighted by atomic mass is 10.1. The van der Waals surface area contributed by atoms with Crippen LogP contribution < -0.4 is 0 Å². The summed E-state index contributed by atoms with van der Waals surface area (Å²) in [6.45, 7) is 1.66. The van der Waals surface area contributed by atoms with Crippen molar-refractivity contribution in [1.82, 2.24) is 4.90 Å². The third-order valence-electron chi connectivity index (χ3n) is 4.55. The van der Waals surface area contributed by atoms with E-state index in [0.29, 0.717) is 24.8 Å². The Morgan fingerprint density at radius 3 is 2.74 bits per heavy atom. The number of benzene rings is 1. The molecular formula is C19H19NO6S. The normalized spacial score (nSPS) is 17.8. The van der Waals surface area contributed by atoms with Crippen molar-refractivity contribution in [2.75, 3.05) is 6.54 Å². The summed E-state index contributed by atoms with van der Waals surface area (Å²) in [6.07, 6.45) is 2.20. The topological polar surface area (TPSA) is 105 Å². The first kappa shape index (κ1) is 19.2. The van der Waals surface area contributed by atoms with E-state index in [-0.39, 0.29) is 17.3 Å². The zero-order valence-corrected chi connectivity index (χ0v) is 15.5. The van der Waals surface area contributed by atoms with Gasteiger partial charge in [0.2, 0.25) is 11.7 Å². The summed E-state index contributed by atoms with van der Waals surface area (Å²) in [5.74, 6) is -1.84. The van der Waals surface area contributed by atoms with E-state index in [9.17, 15) is 24.3 Å². The van der Waals surface area contributed by atoms with Crippen LogP contribution in [-0.2, 0) is 14.4 Å². The number of thioether (sulfide) groups is 1. The van der Waals surface area contributed by atoms with Gasteiger partial charge in [0.1, 0.15) is 6.04 Å². The minimum atomic E-state index is -1.06. The molecule has 0 radical (unpaired) electrons. The summed E-state index contributed by atoms with van der Waals surface area (Å²) in [5.41, 5.74) is 0. The molecule has 1 N–H and O–H groups in total. The van der Waals surface area contributed by atoms with Gasteiger partial charge in [0, 0.05) is 30.7 Å². The molecule has 3 rings (SSSR count). The van der Waals surface area contributed by atoms with Crippen LogP contribution in [0.15, 0.2) is 34.9 Å². The average Bonchev–Trinajstić information content (AvgIpc) is 3.27. The molecule has 1 unspecified atom stereocenters. The summed E-state index contributed by atoms with van der Waals surface area (Å²) in [7, 11) is 0. The Kier molecular flexibility index (Phi) is 5.65. The second kappa shape index (κ2) is 7.96. The first-order valence-electron chi connectivity index (χ1n) is 8.58. The molecule has 2 atom stereocenters. The number of ketones is 1. The van der Waals surface area contributed by atoms with E-state index in [1.54, 1.807) is 18.2 Å². The molecule has 2 aromatic rings. The van der Waals surface area contributed by atoms with Gasteiger partial charge >= 0.3 is 5.97 Å². The maximum absolute atomic E-state index is 13.0. The second-order valence-corrected chi connectivity index (χ2v) is 7.78. The lowest BCUT2D eigenvalue weighted by Gasteiger charge is -2.23. The number of carboxylic acids is 1. The third-order valence-corrected chi connectivity index (χ3v) is 5.55. The predicted octanol–water partition coefficient (Wildman–Crippen LogP) is 2.73. The van der Waals surface area contributed by atoms with E-state index in [2.05, 4.69) is 0 Å². The maximum Gasteiger partial charge on any atom is 0.326 e. The van der Waals surface area contributed by atoms with Crippen molar-refractivity contribution in [3.05, 3.63) is 36.3 Å². The molecule has 1 aromatic heterocycles. The molecule has 1 aliphatic rings. The number of carbonyl (C=O) groups excluding carboxylic acids is 3. The number of likely N-dealkylation sites (tertiary alicyclic amines) is 1. The van der Waals surface area contributed by atoms with Gasteiger partial charge in [0.15, 0.2) is 10.9 Å². The van der Waals surface area contributed by atoms with Gasteiger partial charge in [-0.15, -0.1) is 0 Å². The Bertz CT molecular complexity index is 904. The SMILES string of the molecule is CC(=O)SC(CC(=O)N1CCC[C@H]1C(=O)O)C(=O)c1occ2ccccc12. The number of hydrogen-bond acceptors (Lipinski definition) is 6. The van der Waals surface area contributed by atoms with Gasteiger partial charge < -0.3 is 14.4 Å². The number of nitrogens with zero attached hydrogens (tertiary/aromatic N) is 1. The first-order valence-corrected chi connectivity index (χ1v) is 9.46. The van der Waals surface area contributed by atoms with Crippen molar-refractivity contribution in [2.24, 2.45) is 0 Å². The van der Waals surface area contributed by atoms with Crippen LogP contribution in [0, 0.1) is 0 Å². The number of Topliss-reactive ketones (excluding diaryl/α,β-unsaturated/α-hetero) is 1. The summed E-state index contributed by atoms with van der Waals surface area (Å²) < 4.78 is 5.41. The molecule has 0 aliphatic carbocycles. The van der Waals surface area contributed by atoms with Crippen LogP contribution >= 0.6 is 11.8 Å². The Labute approximate surface area is 159 Å². The molecule has 7 nitrogen and oxygen atoms in total. The standard InChI is InChI=1S/C19H19NO6S/c1-11(21)27-15(9-16(22)20-8-4-7-14(20)19(24)25)17(23)18-13-6-3-2-5-12(13)10-26-18/h2-3,5-6,10,14-15H,4,7-9H2,1H3,(H,24,25)/t14-,15?/m0/s1. The van der Waals surface area contributed by atoms with E-state index >= 15 is 0 Å². The maximum atomic E-state index is 13.0. The molecule has 2 heterocycles. The number of rotatable bonds is 6. The Balaban J connectivity index is 1.83. The van der Waals surface area contributed by atoms with Crippen molar-refractivity contribution < 1.29 is 28.7 Å². The number of fused-ring (bicyclic) bond motifs is 1. The number of aliphatic carboxylic acids is 1. The fourth-order valence-corrected chi connectivity index (χ4v) is 4.16. The quantitative estimate of drug-likeness (QED) is 0.757. The van der Waals surface area contributed by atoms with Crippen molar-refractivity contribution in [2.45, 2.75) is 37.5 Å². The van der Waals surface area contributed by atoms with Crippen molar-refractivity contribution in [3.63, 3.8) is 0 Å². The minimum Gasteiger partial charge on any atom is -0.480 e. The number of carboxylic acid groups (broad SMARTS) is 1. The molecule has 0 bridgehead atoms. The van der Waals surface area contributed by atoms with Crippen LogP contribution in [0.5, 0.6) is 0 Å². The van der Waals surface area contributed by atoms with Gasteiger partial charge in [-0.2, -0.15) is 0 Å². The van der Waals surface area contributed by atoms with E-state index in [1.165, 1.54) is 18.1 Å². The van der Waals surface area contributed by atoms with Gasteiger partial charge in [-0.25, -0.2) is 4.79 Å². The molecule has 1 saturated heterocycles. The van der Waals surface area contributed by atoms with Crippen LogP contribution in [0.2, 0.25) is 0 Å². The summed E-state index contributed by atoms with van der Waals surface area (Å²) in [5, 5.41) is 9.37. The fourth-order valence-electron chi connectivity index (χ4n) is 3.32.